The molecule has 0 bridgehead atoms. The molecule has 0 fully saturated rings. The predicted molar refractivity (Wildman–Crippen MR) is 122 cm³/mol. The van der Waals surface area contributed by atoms with Crippen LogP contribution in [0.25, 0.3) is 0 Å². The van der Waals surface area contributed by atoms with Crippen LogP contribution in [0.1, 0.15) is 18.1 Å². The van der Waals surface area contributed by atoms with Crippen molar-refractivity contribution in [3.05, 3.63) is 65.7 Å². The van der Waals surface area contributed by atoms with Gasteiger partial charge in [0.25, 0.3) is 0 Å². The zero-order valence-corrected chi connectivity index (χ0v) is 18.3. The van der Waals surface area contributed by atoms with Gasteiger partial charge < -0.3 is 20.7 Å². The van der Waals surface area contributed by atoms with E-state index in [2.05, 4.69) is 27.0 Å². The number of carbonyl (C=O) groups is 1. The minimum atomic E-state index is -0.111. The number of rotatable bonds is 7. The lowest BCUT2D eigenvalue weighted by atomic mass is 10.1. The van der Waals surface area contributed by atoms with E-state index in [1.807, 2.05) is 55.5 Å². The molecular formula is C21H27IN4O2. The van der Waals surface area contributed by atoms with Crippen LogP contribution in [0.3, 0.4) is 0 Å². The molecule has 0 saturated heterocycles. The molecule has 0 aliphatic carbocycles. The Morgan fingerprint density at radius 2 is 1.82 bits per heavy atom. The fraction of sp³-hybridized carbons (Fsp3) is 0.333. The Balaban J connectivity index is 0.00000280. The van der Waals surface area contributed by atoms with E-state index in [1.54, 1.807) is 0 Å². The van der Waals surface area contributed by atoms with Gasteiger partial charge in [0.1, 0.15) is 18.4 Å². The Morgan fingerprint density at radius 1 is 1.07 bits per heavy atom. The number of carbonyl (C=O) groups excluding carboxylic acids is 1. The summed E-state index contributed by atoms with van der Waals surface area (Å²) >= 11 is 0. The maximum absolute atomic E-state index is 12.0. The van der Waals surface area contributed by atoms with E-state index in [1.165, 1.54) is 5.56 Å². The van der Waals surface area contributed by atoms with Gasteiger partial charge in [-0.25, -0.2) is 4.99 Å². The summed E-state index contributed by atoms with van der Waals surface area (Å²) in [6.45, 7) is 3.94. The van der Waals surface area contributed by atoms with Crippen molar-refractivity contribution in [3.8, 4) is 5.75 Å². The second kappa shape index (κ2) is 11.5. The van der Waals surface area contributed by atoms with E-state index in [4.69, 9.17) is 4.74 Å². The van der Waals surface area contributed by atoms with Gasteiger partial charge in [0.2, 0.25) is 5.91 Å². The highest BCUT2D eigenvalue weighted by Gasteiger charge is 2.22. The van der Waals surface area contributed by atoms with Crippen molar-refractivity contribution in [2.45, 2.75) is 26.0 Å². The zero-order valence-electron chi connectivity index (χ0n) is 16.0. The van der Waals surface area contributed by atoms with Gasteiger partial charge in [-0.3, -0.25) is 4.79 Å². The third kappa shape index (κ3) is 6.70. The summed E-state index contributed by atoms with van der Waals surface area (Å²) < 4.78 is 5.92. The number of fused-ring (bicyclic) bond motifs is 1. The van der Waals surface area contributed by atoms with E-state index >= 15 is 0 Å². The van der Waals surface area contributed by atoms with Crippen LogP contribution in [0.5, 0.6) is 5.75 Å². The molecular weight excluding hydrogens is 467 g/mol. The Hall–Kier alpha value is -2.29. The first kappa shape index (κ1) is 22.0. The summed E-state index contributed by atoms with van der Waals surface area (Å²) in [6, 6.07) is 17.9. The average Bonchev–Trinajstić information content (AvgIpc) is 3.12. The molecule has 1 heterocycles. The summed E-state index contributed by atoms with van der Waals surface area (Å²) in [4.78, 5) is 16.4. The van der Waals surface area contributed by atoms with Crippen LogP contribution in [-0.2, 0) is 17.8 Å². The van der Waals surface area contributed by atoms with E-state index in [0.717, 1.165) is 24.3 Å². The molecule has 2 aromatic carbocycles. The van der Waals surface area contributed by atoms with Gasteiger partial charge in [-0.05, 0) is 24.1 Å². The standard InChI is InChI=1S/C21H26N4O2.HI/c1-2-22-21(24-14-18-12-17-10-6-7-11-19(17)27-18)25-15-20(26)23-13-16-8-4-3-5-9-16;/h3-11,18H,2,12-15H2,1H3,(H,23,26)(H2,22,24,25);1H. The number of para-hydroxylation sites is 1. The first-order valence-electron chi connectivity index (χ1n) is 9.32. The monoisotopic (exact) mass is 494 g/mol. The quantitative estimate of drug-likeness (QED) is 0.314. The van der Waals surface area contributed by atoms with Gasteiger partial charge in [-0.1, -0.05) is 48.5 Å². The molecule has 0 radical (unpaired) electrons. The van der Waals surface area contributed by atoms with Crippen LogP contribution in [0.4, 0.5) is 0 Å². The zero-order chi connectivity index (χ0) is 18.9. The first-order chi connectivity index (χ1) is 13.2. The van der Waals surface area contributed by atoms with Gasteiger partial charge in [-0.15, -0.1) is 24.0 Å². The molecule has 3 rings (SSSR count). The fourth-order valence-corrected chi connectivity index (χ4v) is 2.92. The molecule has 1 amide bonds. The molecule has 1 aliphatic heterocycles. The highest BCUT2D eigenvalue weighted by atomic mass is 127. The van der Waals surface area contributed by atoms with E-state index < -0.39 is 0 Å². The number of benzene rings is 2. The largest absolute Gasteiger partial charge is 0.488 e. The summed E-state index contributed by atoms with van der Waals surface area (Å²) in [5.41, 5.74) is 2.30. The summed E-state index contributed by atoms with van der Waals surface area (Å²) in [5, 5.41) is 9.30. The average molecular weight is 494 g/mol. The highest BCUT2D eigenvalue weighted by Crippen LogP contribution is 2.27. The molecule has 3 N–H and O–H groups in total. The normalized spacial score (nSPS) is 15.0. The number of hydrogen-bond acceptors (Lipinski definition) is 3. The second-order valence-corrected chi connectivity index (χ2v) is 6.39. The molecule has 1 unspecified atom stereocenters. The lowest BCUT2D eigenvalue weighted by Gasteiger charge is -2.15. The van der Waals surface area contributed by atoms with Gasteiger partial charge >= 0.3 is 0 Å². The molecule has 0 saturated carbocycles. The van der Waals surface area contributed by atoms with E-state index in [0.29, 0.717) is 19.0 Å². The van der Waals surface area contributed by atoms with Gasteiger partial charge in [0.15, 0.2) is 5.96 Å². The first-order valence-corrected chi connectivity index (χ1v) is 9.32. The third-order valence-electron chi connectivity index (χ3n) is 4.27. The second-order valence-electron chi connectivity index (χ2n) is 6.39. The smallest absolute Gasteiger partial charge is 0.242 e. The maximum Gasteiger partial charge on any atom is 0.242 e. The molecule has 0 spiro atoms. The topological polar surface area (TPSA) is 74.8 Å². The minimum absolute atomic E-state index is 0. The number of halogens is 1. The number of amides is 1. The Morgan fingerprint density at radius 3 is 2.57 bits per heavy atom. The summed E-state index contributed by atoms with van der Waals surface area (Å²) in [7, 11) is 0. The highest BCUT2D eigenvalue weighted by molar-refractivity contribution is 14.0. The van der Waals surface area contributed by atoms with Crippen LogP contribution < -0.4 is 20.7 Å². The number of nitrogens with one attached hydrogen (secondary N) is 3. The molecule has 7 heteroatoms. The SMILES string of the molecule is CCNC(=NCC(=O)NCc1ccccc1)NCC1Cc2ccccc2O1.I. The van der Waals surface area contributed by atoms with Crippen molar-refractivity contribution < 1.29 is 9.53 Å². The molecule has 1 aliphatic rings. The number of hydrogen-bond donors (Lipinski definition) is 3. The predicted octanol–water partition coefficient (Wildman–Crippen LogP) is 2.48. The van der Waals surface area contributed by atoms with Crippen LogP contribution >= 0.6 is 24.0 Å². The van der Waals surface area contributed by atoms with Crippen LogP contribution in [0.15, 0.2) is 59.6 Å². The number of nitrogens with zero attached hydrogens (tertiary/aromatic N) is 1. The minimum Gasteiger partial charge on any atom is -0.488 e. The van der Waals surface area contributed by atoms with Crippen LogP contribution in [-0.4, -0.2) is 37.6 Å². The van der Waals surface area contributed by atoms with E-state index in [9.17, 15) is 4.79 Å². The molecule has 0 aromatic heterocycles. The molecule has 6 nitrogen and oxygen atoms in total. The van der Waals surface area contributed by atoms with Crippen molar-refractivity contribution >= 4 is 35.8 Å². The van der Waals surface area contributed by atoms with E-state index in [-0.39, 0.29) is 42.5 Å². The number of guanidine groups is 1. The summed E-state index contributed by atoms with van der Waals surface area (Å²) in [6.07, 6.45) is 0.943. The molecule has 28 heavy (non-hydrogen) atoms. The summed E-state index contributed by atoms with van der Waals surface area (Å²) in [5.74, 6) is 1.46. The van der Waals surface area contributed by atoms with Crippen molar-refractivity contribution in [2.75, 3.05) is 19.6 Å². The number of ether oxygens (including phenoxy) is 1. The van der Waals surface area contributed by atoms with Gasteiger partial charge in [0, 0.05) is 19.5 Å². The van der Waals surface area contributed by atoms with Gasteiger partial charge in [0.05, 0.1) is 6.54 Å². The fourth-order valence-electron chi connectivity index (χ4n) is 2.92. The van der Waals surface area contributed by atoms with Crippen LogP contribution in [0, 0.1) is 0 Å². The lowest BCUT2D eigenvalue weighted by Crippen LogP contribution is -2.43. The van der Waals surface area contributed by atoms with Gasteiger partial charge in [-0.2, -0.15) is 0 Å². The van der Waals surface area contributed by atoms with Crippen LogP contribution in [0.2, 0.25) is 0 Å². The Bertz CT molecular complexity index is 758. The van der Waals surface area contributed by atoms with Crippen molar-refractivity contribution in [3.63, 3.8) is 0 Å². The Labute approximate surface area is 183 Å². The molecule has 2 aromatic rings. The lowest BCUT2D eigenvalue weighted by molar-refractivity contribution is -0.119. The Kier molecular flexibility index (Phi) is 9.06. The maximum atomic E-state index is 12.0. The molecule has 150 valence electrons. The molecule has 1 atom stereocenters. The third-order valence-corrected chi connectivity index (χ3v) is 4.27. The van der Waals surface area contributed by atoms with Crippen molar-refractivity contribution in [2.24, 2.45) is 4.99 Å². The van der Waals surface area contributed by atoms with Crippen molar-refractivity contribution in [1.29, 1.82) is 0 Å². The van der Waals surface area contributed by atoms with Crippen molar-refractivity contribution in [1.82, 2.24) is 16.0 Å². The number of aliphatic imine (C=N–C) groups is 1.